The largest absolute Gasteiger partial charge is 0.497 e. The first-order chi connectivity index (χ1) is 13.4. The van der Waals surface area contributed by atoms with Gasteiger partial charge in [-0.3, -0.25) is 4.79 Å². The number of hydrogen-bond donors (Lipinski definition) is 1. The van der Waals surface area contributed by atoms with Gasteiger partial charge in [0.1, 0.15) is 16.4 Å². The van der Waals surface area contributed by atoms with Crippen molar-refractivity contribution in [2.24, 2.45) is 0 Å². The number of nitrogens with one attached hydrogen (secondary N) is 1. The van der Waals surface area contributed by atoms with Gasteiger partial charge < -0.3 is 14.8 Å². The number of hydrogen-bond acceptors (Lipinski definition) is 5. The summed E-state index contributed by atoms with van der Waals surface area (Å²) in [6, 6.07) is 12.0. The highest BCUT2D eigenvalue weighted by atomic mass is 32.1. The van der Waals surface area contributed by atoms with Gasteiger partial charge in [0, 0.05) is 16.6 Å². The van der Waals surface area contributed by atoms with Crippen LogP contribution >= 0.6 is 11.3 Å². The molecule has 0 saturated heterocycles. The standard InChI is InChI=1S/C21H20FNO4S/c1-12-18-16(22)5-4-6-17(18)28-19(12)21(25)27-13(2)20(24)23-11-14-7-9-15(26-3)10-8-14/h4-10,13H,11H2,1-3H3,(H,23,24)/t13-/m0/s1. The third-order valence-corrected chi connectivity index (χ3v) is 5.60. The first-order valence-electron chi connectivity index (χ1n) is 8.70. The zero-order valence-corrected chi connectivity index (χ0v) is 16.6. The molecule has 0 bridgehead atoms. The molecule has 0 radical (unpaired) electrons. The van der Waals surface area contributed by atoms with E-state index in [1.165, 1.54) is 13.0 Å². The molecule has 1 atom stereocenters. The van der Waals surface area contributed by atoms with Crippen LogP contribution in [0.4, 0.5) is 4.39 Å². The van der Waals surface area contributed by atoms with Crippen LogP contribution in [-0.2, 0) is 16.1 Å². The predicted octanol–water partition coefficient (Wildman–Crippen LogP) is 4.22. The third-order valence-electron chi connectivity index (χ3n) is 4.37. The molecule has 2 aromatic carbocycles. The summed E-state index contributed by atoms with van der Waals surface area (Å²) in [6.45, 7) is 3.48. The maximum absolute atomic E-state index is 14.0. The van der Waals surface area contributed by atoms with Gasteiger partial charge in [-0.2, -0.15) is 0 Å². The molecule has 0 saturated carbocycles. The number of thiophene rings is 1. The topological polar surface area (TPSA) is 64.6 Å². The number of carbonyl (C=O) groups is 2. The number of esters is 1. The van der Waals surface area contributed by atoms with Gasteiger partial charge in [0.05, 0.1) is 7.11 Å². The molecule has 0 aliphatic heterocycles. The van der Waals surface area contributed by atoms with Gasteiger partial charge in [-0.1, -0.05) is 18.2 Å². The lowest BCUT2D eigenvalue weighted by atomic mass is 10.1. The first kappa shape index (κ1) is 19.8. The summed E-state index contributed by atoms with van der Waals surface area (Å²) in [6.07, 6.45) is -0.972. The van der Waals surface area contributed by atoms with Gasteiger partial charge in [-0.25, -0.2) is 9.18 Å². The number of carbonyl (C=O) groups excluding carboxylic acids is 2. The van der Waals surface area contributed by atoms with E-state index in [1.807, 2.05) is 12.1 Å². The summed E-state index contributed by atoms with van der Waals surface area (Å²) in [5.41, 5.74) is 1.41. The minimum atomic E-state index is -0.972. The van der Waals surface area contributed by atoms with Gasteiger partial charge in [0.15, 0.2) is 6.10 Å². The highest BCUT2D eigenvalue weighted by molar-refractivity contribution is 7.21. The predicted molar refractivity (Wildman–Crippen MR) is 106 cm³/mol. The van der Waals surface area contributed by atoms with Crippen LogP contribution in [0.15, 0.2) is 42.5 Å². The monoisotopic (exact) mass is 401 g/mol. The van der Waals surface area contributed by atoms with E-state index in [9.17, 15) is 14.0 Å². The average molecular weight is 401 g/mol. The van der Waals surface area contributed by atoms with Crippen molar-refractivity contribution in [1.29, 1.82) is 0 Å². The Labute approximate surface area is 166 Å². The van der Waals surface area contributed by atoms with E-state index in [0.717, 1.165) is 22.6 Å². The molecule has 1 aromatic heterocycles. The summed E-state index contributed by atoms with van der Waals surface area (Å²) < 4.78 is 25.1. The molecule has 28 heavy (non-hydrogen) atoms. The van der Waals surface area contributed by atoms with E-state index in [-0.39, 0.29) is 5.82 Å². The number of ether oxygens (including phenoxy) is 2. The van der Waals surface area contributed by atoms with Gasteiger partial charge in [0.25, 0.3) is 5.91 Å². The normalized spacial score (nSPS) is 11.9. The molecule has 0 aliphatic rings. The maximum Gasteiger partial charge on any atom is 0.349 e. The summed E-state index contributed by atoms with van der Waals surface area (Å²) in [7, 11) is 1.58. The fourth-order valence-corrected chi connectivity index (χ4v) is 3.90. The fourth-order valence-electron chi connectivity index (χ4n) is 2.79. The number of methoxy groups -OCH3 is 1. The van der Waals surface area contributed by atoms with Crippen LogP contribution in [0.2, 0.25) is 0 Å². The molecule has 146 valence electrons. The molecule has 1 N–H and O–H groups in total. The first-order valence-corrected chi connectivity index (χ1v) is 9.51. The van der Waals surface area contributed by atoms with Crippen molar-refractivity contribution in [1.82, 2.24) is 5.32 Å². The third kappa shape index (κ3) is 4.14. The van der Waals surface area contributed by atoms with Crippen LogP contribution in [-0.4, -0.2) is 25.1 Å². The Hall–Kier alpha value is -2.93. The Morgan fingerprint density at radius 3 is 2.54 bits per heavy atom. The molecular formula is C21H20FNO4S. The maximum atomic E-state index is 14.0. The Morgan fingerprint density at radius 2 is 1.89 bits per heavy atom. The number of halogens is 1. The van der Waals surface area contributed by atoms with E-state index < -0.39 is 18.0 Å². The number of fused-ring (bicyclic) bond motifs is 1. The molecular weight excluding hydrogens is 381 g/mol. The second kappa shape index (κ2) is 8.39. The van der Waals surface area contributed by atoms with E-state index in [1.54, 1.807) is 38.3 Å². The van der Waals surface area contributed by atoms with Crippen LogP contribution in [0, 0.1) is 12.7 Å². The van der Waals surface area contributed by atoms with Crippen LogP contribution in [0.5, 0.6) is 5.75 Å². The van der Waals surface area contributed by atoms with Crippen molar-refractivity contribution in [3.8, 4) is 5.75 Å². The van der Waals surface area contributed by atoms with Crippen molar-refractivity contribution < 1.29 is 23.5 Å². The van der Waals surface area contributed by atoms with E-state index in [0.29, 0.717) is 27.1 Å². The zero-order chi connectivity index (χ0) is 20.3. The minimum Gasteiger partial charge on any atom is -0.497 e. The van der Waals surface area contributed by atoms with Crippen LogP contribution in [0.3, 0.4) is 0 Å². The summed E-state index contributed by atoms with van der Waals surface area (Å²) in [5.74, 6) is -0.692. The molecule has 3 aromatic rings. The van der Waals surface area contributed by atoms with Crippen LogP contribution in [0.25, 0.3) is 10.1 Å². The van der Waals surface area contributed by atoms with Crippen molar-refractivity contribution in [2.45, 2.75) is 26.5 Å². The Kier molecular flexibility index (Phi) is 5.94. The molecule has 0 spiro atoms. The van der Waals surface area contributed by atoms with Crippen LogP contribution < -0.4 is 10.1 Å². The summed E-state index contributed by atoms with van der Waals surface area (Å²) in [4.78, 5) is 25.0. The van der Waals surface area contributed by atoms with E-state index in [2.05, 4.69) is 5.32 Å². The Balaban J connectivity index is 1.62. The van der Waals surface area contributed by atoms with Gasteiger partial charge >= 0.3 is 5.97 Å². The number of rotatable bonds is 6. The second-order valence-corrected chi connectivity index (χ2v) is 7.33. The molecule has 0 fully saturated rings. The van der Waals surface area contributed by atoms with E-state index in [4.69, 9.17) is 9.47 Å². The smallest absolute Gasteiger partial charge is 0.349 e. The number of amides is 1. The molecule has 0 aliphatic carbocycles. The molecule has 3 rings (SSSR count). The van der Waals surface area contributed by atoms with Crippen molar-refractivity contribution in [3.63, 3.8) is 0 Å². The lowest BCUT2D eigenvalue weighted by Crippen LogP contribution is -2.35. The van der Waals surface area contributed by atoms with E-state index >= 15 is 0 Å². The SMILES string of the molecule is COc1ccc(CNC(=O)[C@H](C)OC(=O)c2sc3cccc(F)c3c2C)cc1. The molecule has 7 heteroatoms. The lowest BCUT2D eigenvalue weighted by Gasteiger charge is -2.13. The Morgan fingerprint density at radius 1 is 1.18 bits per heavy atom. The van der Waals surface area contributed by atoms with Crippen molar-refractivity contribution in [2.75, 3.05) is 7.11 Å². The van der Waals surface area contributed by atoms with Crippen molar-refractivity contribution >= 4 is 33.3 Å². The van der Waals surface area contributed by atoms with Crippen LogP contribution in [0.1, 0.15) is 27.7 Å². The number of aryl methyl sites for hydroxylation is 1. The van der Waals surface area contributed by atoms with Gasteiger partial charge in [-0.05, 0) is 49.2 Å². The Bertz CT molecular complexity index is 1010. The minimum absolute atomic E-state index is 0.301. The van der Waals surface area contributed by atoms with Crippen molar-refractivity contribution in [3.05, 3.63) is 64.3 Å². The zero-order valence-electron chi connectivity index (χ0n) is 15.7. The molecule has 0 unspecified atom stereocenters. The fraction of sp³-hybridized carbons (Fsp3) is 0.238. The summed E-state index contributed by atoms with van der Waals surface area (Å²) in [5, 5.41) is 3.14. The quantitative estimate of drug-likeness (QED) is 0.628. The van der Waals surface area contributed by atoms with Gasteiger partial charge in [0.2, 0.25) is 0 Å². The molecule has 1 heterocycles. The second-order valence-electron chi connectivity index (χ2n) is 6.28. The van der Waals surface area contributed by atoms with Gasteiger partial charge in [-0.15, -0.1) is 11.3 Å². The lowest BCUT2D eigenvalue weighted by molar-refractivity contribution is -0.129. The molecule has 1 amide bonds. The highest BCUT2D eigenvalue weighted by Gasteiger charge is 2.23. The average Bonchev–Trinajstić information content (AvgIpc) is 3.04. The number of benzene rings is 2. The summed E-state index contributed by atoms with van der Waals surface area (Å²) >= 11 is 1.16. The highest BCUT2D eigenvalue weighted by Crippen LogP contribution is 2.33. The molecule has 5 nitrogen and oxygen atoms in total.